The summed E-state index contributed by atoms with van der Waals surface area (Å²) in [4.78, 5) is -0.794. The van der Waals surface area contributed by atoms with Crippen LogP contribution in [0.5, 0.6) is 5.75 Å². The Morgan fingerprint density at radius 2 is 2.00 bits per heavy atom. The molecule has 0 aliphatic carbocycles. The fourth-order valence-corrected chi connectivity index (χ4v) is 1.89. The molecule has 0 fully saturated rings. The number of phenolic OH excluding ortho intramolecular Hbond substituents is 1. The van der Waals surface area contributed by atoms with Crippen LogP contribution in [0.2, 0.25) is 5.02 Å². The van der Waals surface area contributed by atoms with Gasteiger partial charge in [-0.25, -0.2) is 0 Å². The van der Waals surface area contributed by atoms with E-state index in [4.69, 9.17) is 16.7 Å². The molecule has 6 heteroatoms. The molecule has 0 atom stereocenters. The Labute approximate surface area is 80.0 Å². The molecule has 0 aromatic heterocycles. The van der Waals surface area contributed by atoms with Crippen LogP contribution in [0.15, 0.2) is 17.0 Å². The molecule has 0 aliphatic heterocycles. The molecule has 1 aromatic rings. The lowest BCUT2D eigenvalue weighted by molar-refractivity contribution is 0.455. The minimum atomic E-state index is -4.91. The smallest absolute Gasteiger partial charge is 0.335 e. The average molecular weight is 225 g/mol. The molecule has 1 aromatic carbocycles. The highest BCUT2D eigenvalue weighted by Crippen LogP contribution is 2.32. The molecule has 0 radical (unpaired) electrons. The van der Waals surface area contributed by atoms with Crippen LogP contribution in [0.4, 0.5) is 3.89 Å². The number of aromatic hydroxyl groups is 1. The van der Waals surface area contributed by atoms with Gasteiger partial charge in [-0.05, 0) is 24.6 Å². The van der Waals surface area contributed by atoms with E-state index in [1.807, 2.05) is 0 Å². The summed E-state index contributed by atoms with van der Waals surface area (Å²) in [5, 5.41) is 8.92. The van der Waals surface area contributed by atoms with E-state index in [0.29, 0.717) is 5.56 Å². The summed E-state index contributed by atoms with van der Waals surface area (Å²) in [5.41, 5.74) is 0.457. The topological polar surface area (TPSA) is 54.4 Å². The van der Waals surface area contributed by atoms with Crippen molar-refractivity contribution >= 4 is 21.8 Å². The molecule has 1 N–H and O–H groups in total. The first kappa shape index (κ1) is 10.3. The van der Waals surface area contributed by atoms with Gasteiger partial charge in [0.2, 0.25) is 0 Å². The lowest BCUT2D eigenvalue weighted by atomic mass is 10.2. The summed E-state index contributed by atoms with van der Waals surface area (Å²) in [6.07, 6.45) is 0. The number of phenols is 1. The van der Waals surface area contributed by atoms with Gasteiger partial charge in [0.25, 0.3) is 0 Å². The third kappa shape index (κ3) is 2.10. The second-order valence-corrected chi connectivity index (χ2v) is 4.25. The molecule has 0 aliphatic rings. The highest BCUT2D eigenvalue weighted by atomic mass is 35.5. The van der Waals surface area contributed by atoms with E-state index in [2.05, 4.69) is 0 Å². The van der Waals surface area contributed by atoms with Crippen molar-refractivity contribution < 1.29 is 17.4 Å². The number of rotatable bonds is 1. The van der Waals surface area contributed by atoms with Crippen LogP contribution in [0, 0.1) is 6.92 Å². The van der Waals surface area contributed by atoms with E-state index in [-0.39, 0.29) is 5.02 Å². The van der Waals surface area contributed by atoms with Gasteiger partial charge in [0.1, 0.15) is 4.90 Å². The van der Waals surface area contributed by atoms with Crippen molar-refractivity contribution in [2.75, 3.05) is 0 Å². The Morgan fingerprint density at radius 3 is 2.46 bits per heavy atom. The van der Waals surface area contributed by atoms with Crippen molar-refractivity contribution in [1.82, 2.24) is 0 Å². The average Bonchev–Trinajstić information content (AvgIpc) is 1.94. The zero-order valence-corrected chi connectivity index (χ0v) is 8.16. The molecule has 1 rings (SSSR count). The summed E-state index contributed by atoms with van der Waals surface area (Å²) >= 11 is 5.44. The van der Waals surface area contributed by atoms with Crippen LogP contribution in [0.3, 0.4) is 0 Å². The fraction of sp³-hybridized carbons (Fsp3) is 0.143. The zero-order chi connectivity index (χ0) is 10.2. The van der Waals surface area contributed by atoms with Gasteiger partial charge in [-0.2, -0.15) is 8.42 Å². The Morgan fingerprint density at radius 1 is 1.46 bits per heavy atom. The van der Waals surface area contributed by atoms with E-state index in [1.165, 1.54) is 6.07 Å². The van der Waals surface area contributed by atoms with Crippen molar-refractivity contribution in [3.05, 3.63) is 22.7 Å². The van der Waals surface area contributed by atoms with Gasteiger partial charge in [-0.15, -0.1) is 3.89 Å². The van der Waals surface area contributed by atoms with E-state index >= 15 is 0 Å². The predicted molar refractivity (Wildman–Crippen MR) is 46.1 cm³/mol. The van der Waals surface area contributed by atoms with Crippen LogP contribution in [-0.4, -0.2) is 13.5 Å². The van der Waals surface area contributed by atoms with Crippen LogP contribution >= 0.6 is 11.6 Å². The van der Waals surface area contributed by atoms with Crippen LogP contribution in [0.25, 0.3) is 0 Å². The Hall–Kier alpha value is -0.810. The quantitative estimate of drug-likeness (QED) is 0.743. The summed E-state index contributed by atoms with van der Waals surface area (Å²) < 4.78 is 33.4. The highest BCUT2D eigenvalue weighted by molar-refractivity contribution is 7.86. The predicted octanol–water partition coefficient (Wildman–Crippen LogP) is 2.01. The SMILES string of the molecule is Cc1cc(Cl)c(O)c(S(=O)(=O)F)c1. The van der Waals surface area contributed by atoms with Crippen LogP contribution in [-0.2, 0) is 10.2 Å². The van der Waals surface area contributed by atoms with Gasteiger partial charge >= 0.3 is 10.2 Å². The van der Waals surface area contributed by atoms with E-state index in [1.54, 1.807) is 6.92 Å². The highest BCUT2D eigenvalue weighted by Gasteiger charge is 2.19. The summed E-state index contributed by atoms with van der Waals surface area (Å²) in [6.45, 7) is 1.54. The third-order valence-corrected chi connectivity index (χ3v) is 2.56. The lowest BCUT2D eigenvalue weighted by Crippen LogP contribution is -1.93. The molecule has 0 saturated carbocycles. The van der Waals surface area contributed by atoms with Crippen molar-refractivity contribution in [3.8, 4) is 5.75 Å². The van der Waals surface area contributed by atoms with Gasteiger partial charge < -0.3 is 5.11 Å². The van der Waals surface area contributed by atoms with Crippen LogP contribution < -0.4 is 0 Å². The first-order valence-corrected chi connectivity index (χ1v) is 5.02. The summed E-state index contributed by atoms with van der Waals surface area (Å²) in [6, 6.07) is 2.35. The molecular weight excluding hydrogens is 219 g/mol. The molecule has 72 valence electrons. The summed E-state index contributed by atoms with van der Waals surface area (Å²) in [5.74, 6) is -0.755. The zero-order valence-electron chi connectivity index (χ0n) is 6.58. The normalized spacial score (nSPS) is 11.6. The minimum absolute atomic E-state index is 0.184. The Balaban J connectivity index is 3.56. The van der Waals surface area contributed by atoms with Gasteiger partial charge in [0.05, 0.1) is 5.02 Å². The number of hydrogen-bond acceptors (Lipinski definition) is 3. The maximum atomic E-state index is 12.5. The van der Waals surface area contributed by atoms with Gasteiger partial charge in [-0.3, -0.25) is 0 Å². The number of benzene rings is 1. The number of aryl methyl sites for hydroxylation is 1. The van der Waals surface area contributed by atoms with E-state index in [9.17, 15) is 12.3 Å². The van der Waals surface area contributed by atoms with Gasteiger partial charge in [0.15, 0.2) is 5.75 Å². The van der Waals surface area contributed by atoms with Crippen molar-refractivity contribution in [2.24, 2.45) is 0 Å². The maximum absolute atomic E-state index is 12.5. The standard InChI is InChI=1S/C7H6ClFO3S/c1-4-2-5(8)7(10)6(3-4)13(9,11)12/h2-3,10H,1H3. The van der Waals surface area contributed by atoms with E-state index < -0.39 is 20.9 Å². The third-order valence-electron chi connectivity index (χ3n) is 1.44. The molecule has 0 amide bonds. The fourth-order valence-electron chi connectivity index (χ4n) is 0.889. The molecule has 0 unspecified atom stereocenters. The number of hydrogen-bond donors (Lipinski definition) is 1. The molecule has 0 saturated heterocycles. The second kappa shape index (κ2) is 3.16. The Bertz CT molecular complexity index is 441. The molecule has 3 nitrogen and oxygen atoms in total. The first-order chi connectivity index (χ1) is 5.82. The molecule has 0 heterocycles. The van der Waals surface area contributed by atoms with E-state index in [0.717, 1.165) is 6.07 Å². The van der Waals surface area contributed by atoms with Crippen molar-refractivity contribution in [3.63, 3.8) is 0 Å². The maximum Gasteiger partial charge on any atom is 0.335 e. The first-order valence-electron chi connectivity index (χ1n) is 3.26. The minimum Gasteiger partial charge on any atom is -0.505 e. The largest absolute Gasteiger partial charge is 0.505 e. The monoisotopic (exact) mass is 224 g/mol. The van der Waals surface area contributed by atoms with Gasteiger partial charge in [0, 0.05) is 0 Å². The van der Waals surface area contributed by atoms with Gasteiger partial charge in [-0.1, -0.05) is 11.6 Å². The van der Waals surface area contributed by atoms with Crippen molar-refractivity contribution in [2.45, 2.75) is 11.8 Å². The van der Waals surface area contributed by atoms with Crippen LogP contribution in [0.1, 0.15) is 5.56 Å². The molecule has 0 spiro atoms. The molecule has 13 heavy (non-hydrogen) atoms. The molecular formula is C7H6ClFO3S. The molecule has 0 bridgehead atoms. The lowest BCUT2D eigenvalue weighted by Gasteiger charge is -2.02. The summed E-state index contributed by atoms with van der Waals surface area (Å²) in [7, 11) is -4.91. The second-order valence-electron chi connectivity index (χ2n) is 2.53. The Kier molecular flexibility index (Phi) is 2.49. The van der Waals surface area contributed by atoms with Crippen molar-refractivity contribution in [1.29, 1.82) is 0 Å². The number of halogens is 2.